The summed E-state index contributed by atoms with van der Waals surface area (Å²) in [4.78, 5) is 4.59. The lowest BCUT2D eigenvalue weighted by Gasteiger charge is -2.24. The van der Waals surface area contributed by atoms with Gasteiger partial charge in [0.1, 0.15) is 5.75 Å². The number of rotatable bonds is 2. The zero-order valence-electron chi connectivity index (χ0n) is 17.0. The average Bonchev–Trinajstić information content (AvgIpc) is 2.71. The number of benzene rings is 3. The zero-order valence-corrected chi connectivity index (χ0v) is 17.0. The van der Waals surface area contributed by atoms with E-state index in [1.165, 1.54) is 5.56 Å². The quantitative estimate of drug-likeness (QED) is 0.314. The van der Waals surface area contributed by atoms with E-state index in [2.05, 4.69) is 43.1 Å². The maximum atomic E-state index is 15.7. The summed E-state index contributed by atoms with van der Waals surface area (Å²) in [6.07, 6.45) is 1.79. The standard InChI is InChI=1S/C26H22FNO/c1-14(2)17-5-7-18(8-6-17)20-13-19-9-10-28-24-21-12-15(3)11-16(4)25(21)29-26(22(19)24)23(20)27/h5-14H,1-4H3. The number of nitrogens with zero attached hydrogens (tertiary/aromatic N) is 1. The Balaban J connectivity index is 1.78. The Morgan fingerprint density at radius 1 is 0.897 bits per heavy atom. The summed E-state index contributed by atoms with van der Waals surface area (Å²) in [5, 5.41) is 1.67. The third kappa shape index (κ3) is 2.72. The van der Waals surface area contributed by atoms with Gasteiger partial charge < -0.3 is 4.74 Å². The van der Waals surface area contributed by atoms with Crippen molar-refractivity contribution in [3.05, 3.63) is 77.2 Å². The fourth-order valence-corrected chi connectivity index (χ4v) is 4.21. The highest BCUT2D eigenvalue weighted by Crippen LogP contribution is 2.50. The molecule has 0 aliphatic carbocycles. The fourth-order valence-electron chi connectivity index (χ4n) is 4.21. The van der Waals surface area contributed by atoms with Gasteiger partial charge in [-0.05, 0) is 65.6 Å². The maximum Gasteiger partial charge on any atom is 0.174 e. The summed E-state index contributed by atoms with van der Waals surface area (Å²) in [5.74, 6) is 1.06. The topological polar surface area (TPSA) is 22.1 Å². The van der Waals surface area contributed by atoms with Gasteiger partial charge in [-0.25, -0.2) is 4.39 Å². The van der Waals surface area contributed by atoms with Gasteiger partial charge in [0.25, 0.3) is 0 Å². The SMILES string of the molecule is Cc1cc(C)c2c(c1)-c1nccc3cc(-c4ccc(C(C)C)cc4)c(F)c(c13)O2. The van der Waals surface area contributed by atoms with Crippen molar-refractivity contribution in [2.75, 3.05) is 0 Å². The van der Waals surface area contributed by atoms with Gasteiger partial charge in [-0.2, -0.15) is 0 Å². The molecule has 0 radical (unpaired) electrons. The van der Waals surface area contributed by atoms with Crippen LogP contribution in [0, 0.1) is 19.7 Å². The predicted molar refractivity (Wildman–Crippen MR) is 116 cm³/mol. The number of hydrogen-bond donors (Lipinski definition) is 0. The van der Waals surface area contributed by atoms with Crippen LogP contribution in [0.2, 0.25) is 0 Å². The highest BCUT2D eigenvalue weighted by atomic mass is 19.1. The molecule has 0 N–H and O–H groups in total. The van der Waals surface area contributed by atoms with E-state index in [0.29, 0.717) is 17.2 Å². The molecule has 0 bridgehead atoms. The Hall–Kier alpha value is -3.20. The molecular weight excluding hydrogens is 361 g/mol. The zero-order chi connectivity index (χ0) is 20.3. The molecule has 1 aliphatic heterocycles. The highest BCUT2D eigenvalue weighted by Gasteiger charge is 2.27. The van der Waals surface area contributed by atoms with Crippen LogP contribution in [0.5, 0.6) is 11.5 Å². The highest BCUT2D eigenvalue weighted by molar-refractivity contribution is 6.04. The first-order valence-corrected chi connectivity index (χ1v) is 9.95. The van der Waals surface area contributed by atoms with Gasteiger partial charge in [0.2, 0.25) is 0 Å². The van der Waals surface area contributed by atoms with Gasteiger partial charge in [0, 0.05) is 17.3 Å². The maximum absolute atomic E-state index is 15.7. The Morgan fingerprint density at radius 2 is 1.66 bits per heavy atom. The Labute approximate surface area is 170 Å². The van der Waals surface area contributed by atoms with E-state index < -0.39 is 0 Å². The smallest absolute Gasteiger partial charge is 0.174 e. The first kappa shape index (κ1) is 17.9. The number of aryl methyl sites for hydroxylation is 2. The van der Waals surface area contributed by atoms with Gasteiger partial charge >= 0.3 is 0 Å². The lowest BCUT2D eigenvalue weighted by atomic mass is 9.92. The lowest BCUT2D eigenvalue weighted by molar-refractivity contribution is 0.444. The van der Waals surface area contributed by atoms with Gasteiger partial charge in [-0.15, -0.1) is 0 Å². The summed E-state index contributed by atoms with van der Waals surface area (Å²) in [5.41, 5.74) is 6.45. The van der Waals surface area contributed by atoms with Crippen molar-refractivity contribution in [2.45, 2.75) is 33.6 Å². The van der Waals surface area contributed by atoms with E-state index in [1.807, 2.05) is 38.1 Å². The molecule has 3 aromatic carbocycles. The fraction of sp³-hybridized carbons (Fsp3) is 0.192. The molecule has 5 rings (SSSR count). The summed E-state index contributed by atoms with van der Waals surface area (Å²) >= 11 is 0. The molecule has 1 aliphatic rings. The molecular formula is C26H22FNO. The van der Waals surface area contributed by atoms with Crippen molar-refractivity contribution in [1.29, 1.82) is 0 Å². The van der Waals surface area contributed by atoms with Crippen LogP contribution in [0.25, 0.3) is 33.2 Å². The molecule has 3 heteroatoms. The molecule has 0 saturated carbocycles. The number of aromatic nitrogens is 1. The van der Waals surface area contributed by atoms with E-state index in [4.69, 9.17) is 4.74 Å². The summed E-state index contributed by atoms with van der Waals surface area (Å²) in [6.45, 7) is 8.34. The molecule has 0 fully saturated rings. The molecule has 4 aromatic rings. The predicted octanol–water partition coefficient (Wildman–Crippen LogP) is 7.55. The van der Waals surface area contributed by atoms with Crippen LogP contribution >= 0.6 is 0 Å². The van der Waals surface area contributed by atoms with E-state index in [1.54, 1.807) is 6.20 Å². The van der Waals surface area contributed by atoms with E-state index in [-0.39, 0.29) is 11.6 Å². The van der Waals surface area contributed by atoms with Crippen LogP contribution < -0.4 is 4.74 Å². The second-order valence-electron chi connectivity index (χ2n) is 8.16. The Bertz CT molecular complexity index is 1270. The van der Waals surface area contributed by atoms with Crippen molar-refractivity contribution in [3.8, 4) is 33.9 Å². The minimum absolute atomic E-state index is 0.271. The molecule has 1 aromatic heterocycles. The van der Waals surface area contributed by atoms with Crippen molar-refractivity contribution >= 4 is 10.8 Å². The third-order valence-corrected chi connectivity index (χ3v) is 5.71. The second kappa shape index (κ2) is 6.41. The van der Waals surface area contributed by atoms with Crippen LogP contribution in [0.4, 0.5) is 4.39 Å². The first-order valence-electron chi connectivity index (χ1n) is 9.95. The second-order valence-corrected chi connectivity index (χ2v) is 8.16. The molecule has 2 heterocycles. The number of ether oxygens (including phenoxy) is 1. The van der Waals surface area contributed by atoms with Crippen LogP contribution in [-0.2, 0) is 0 Å². The van der Waals surface area contributed by atoms with Gasteiger partial charge in [-0.3, -0.25) is 4.98 Å². The number of fused-ring (bicyclic) bond motifs is 2. The van der Waals surface area contributed by atoms with Crippen LogP contribution in [0.15, 0.2) is 54.7 Å². The van der Waals surface area contributed by atoms with Crippen molar-refractivity contribution in [2.24, 2.45) is 0 Å². The first-order chi connectivity index (χ1) is 13.9. The average molecular weight is 383 g/mol. The summed E-state index contributed by atoms with van der Waals surface area (Å²) < 4.78 is 21.9. The van der Waals surface area contributed by atoms with Crippen LogP contribution in [-0.4, -0.2) is 4.98 Å². The minimum Gasteiger partial charge on any atom is -0.453 e. The molecule has 144 valence electrons. The van der Waals surface area contributed by atoms with E-state index in [0.717, 1.165) is 38.7 Å². The summed E-state index contributed by atoms with van der Waals surface area (Å²) in [7, 11) is 0. The summed E-state index contributed by atoms with van der Waals surface area (Å²) in [6, 6.07) is 16.0. The molecule has 0 amide bonds. The van der Waals surface area contributed by atoms with Gasteiger partial charge in [-0.1, -0.05) is 44.2 Å². The largest absolute Gasteiger partial charge is 0.453 e. The normalized spacial score (nSPS) is 12.2. The van der Waals surface area contributed by atoms with Gasteiger partial charge in [0.05, 0.1) is 11.1 Å². The monoisotopic (exact) mass is 383 g/mol. The van der Waals surface area contributed by atoms with Gasteiger partial charge in [0.15, 0.2) is 11.6 Å². The Morgan fingerprint density at radius 3 is 2.38 bits per heavy atom. The third-order valence-electron chi connectivity index (χ3n) is 5.71. The van der Waals surface area contributed by atoms with Crippen molar-refractivity contribution in [1.82, 2.24) is 4.98 Å². The molecule has 29 heavy (non-hydrogen) atoms. The molecule has 0 unspecified atom stereocenters. The Kier molecular flexibility index (Phi) is 3.95. The number of hydrogen-bond acceptors (Lipinski definition) is 2. The van der Waals surface area contributed by atoms with Crippen LogP contribution in [0.3, 0.4) is 0 Å². The molecule has 0 saturated heterocycles. The van der Waals surface area contributed by atoms with E-state index in [9.17, 15) is 0 Å². The number of halogens is 1. The minimum atomic E-state index is -0.338. The molecule has 0 atom stereocenters. The number of pyridine rings is 1. The lowest BCUT2D eigenvalue weighted by Crippen LogP contribution is -2.04. The van der Waals surface area contributed by atoms with Crippen molar-refractivity contribution < 1.29 is 9.13 Å². The van der Waals surface area contributed by atoms with Crippen LogP contribution in [0.1, 0.15) is 36.5 Å². The molecule has 2 nitrogen and oxygen atoms in total. The molecule has 0 spiro atoms. The van der Waals surface area contributed by atoms with E-state index >= 15 is 4.39 Å². The van der Waals surface area contributed by atoms with Crippen molar-refractivity contribution in [3.63, 3.8) is 0 Å².